The number of hydrogen-bond donors (Lipinski definition) is 1. The van der Waals surface area contributed by atoms with Crippen molar-refractivity contribution < 1.29 is 9.53 Å². The molecule has 0 aromatic carbocycles. The molecule has 1 fully saturated rings. The zero-order chi connectivity index (χ0) is 7.68. The van der Waals surface area contributed by atoms with E-state index in [4.69, 9.17) is 0 Å². The van der Waals surface area contributed by atoms with Gasteiger partial charge in [0.05, 0.1) is 0 Å². The predicted octanol–water partition coefficient (Wildman–Crippen LogP) is -1.00. The van der Waals surface area contributed by atoms with Crippen LogP contribution in [0.15, 0.2) is 0 Å². The van der Waals surface area contributed by atoms with Crippen LogP contribution < -0.4 is 5.32 Å². The summed E-state index contributed by atoms with van der Waals surface area (Å²) >= 11 is 0. The molecule has 0 saturated carbocycles. The molecule has 0 aliphatic carbocycles. The van der Waals surface area contributed by atoms with E-state index in [0.717, 1.165) is 0 Å². The Morgan fingerprint density at radius 1 is 1.64 bits per heavy atom. The molecule has 1 radical (unpaired) electrons. The summed E-state index contributed by atoms with van der Waals surface area (Å²) < 4.78 is 4.57. The smallest absolute Gasteiger partial charge is 0.429 e. The second kappa shape index (κ2) is 2.19. The van der Waals surface area contributed by atoms with Crippen molar-refractivity contribution in [3.63, 3.8) is 0 Å². The lowest BCUT2D eigenvalue weighted by molar-refractivity contribution is 0.176. The van der Waals surface area contributed by atoms with Crippen LogP contribution >= 0.6 is 0 Å². The highest BCUT2D eigenvalue weighted by molar-refractivity contribution is 5.69. The summed E-state index contributed by atoms with van der Waals surface area (Å²) in [4.78, 5) is 10.5. The van der Waals surface area contributed by atoms with E-state index < -0.39 is 6.09 Å². The lowest BCUT2D eigenvalue weighted by Crippen LogP contribution is -2.11. The van der Waals surface area contributed by atoms with E-state index in [2.05, 4.69) is 30.7 Å². The molecule has 0 spiro atoms. The molecule has 7 heteroatoms. The number of nitrogens with zero attached hydrogens (tertiary/aromatic N) is 4. The normalized spacial score (nSPS) is 22.9. The lowest BCUT2D eigenvalue weighted by Gasteiger charge is -1.95. The predicted molar refractivity (Wildman–Crippen MR) is 30.4 cm³/mol. The third-order valence-electron chi connectivity index (χ3n) is 1.30. The Kier molecular flexibility index (Phi) is 1.21. The number of rotatable bonds is 1. The molecule has 1 aromatic rings. The summed E-state index contributed by atoms with van der Waals surface area (Å²) in [6.07, 6.45) is -0.564. The molecule has 2 heterocycles. The lowest BCUT2D eigenvalue weighted by atomic mass is 10.3. The average Bonchev–Trinajstić information content (AvgIpc) is 2.55. The van der Waals surface area contributed by atoms with Gasteiger partial charge in [-0.2, -0.15) is 5.32 Å². The van der Waals surface area contributed by atoms with Crippen LogP contribution in [-0.2, 0) is 4.74 Å². The highest BCUT2D eigenvalue weighted by atomic mass is 16.6. The monoisotopic (exact) mass is 154 g/mol. The number of aromatic nitrogens is 4. The summed E-state index contributed by atoms with van der Waals surface area (Å²) in [5.74, 6) is 0.454. The minimum atomic E-state index is -0.564. The minimum Gasteiger partial charge on any atom is -0.445 e. The summed E-state index contributed by atoms with van der Waals surface area (Å²) in [5.41, 5.74) is 0. The van der Waals surface area contributed by atoms with E-state index in [1.54, 1.807) is 0 Å². The summed E-state index contributed by atoms with van der Waals surface area (Å²) in [5, 5.41) is 16.4. The van der Waals surface area contributed by atoms with Gasteiger partial charge in [-0.3, -0.25) is 0 Å². The third-order valence-corrected chi connectivity index (χ3v) is 1.30. The molecular formula is C4H4N5O2. The van der Waals surface area contributed by atoms with Gasteiger partial charge in [0.25, 0.3) is 0 Å². The molecule has 1 saturated heterocycles. The van der Waals surface area contributed by atoms with Crippen molar-refractivity contribution in [2.24, 2.45) is 0 Å². The van der Waals surface area contributed by atoms with Crippen molar-refractivity contribution in [2.45, 2.75) is 6.04 Å². The first-order valence-electron chi connectivity index (χ1n) is 2.97. The van der Waals surface area contributed by atoms with Crippen molar-refractivity contribution in [3.8, 4) is 0 Å². The van der Waals surface area contributed by atoms with Gasteiger partial charge in [0.1, 0.15) is 6.61 Å². The van der Waals surface area contributed by atoms with Crippen LogP contribution in [0.1, 0.15) is 11.9 Å². The van der Waals surface area contributed by atoms with Gasteiger partial charge in [-0.25, -0.2) is 9.89 Å². The maximum atomic E-state index is 10.5. The fraction of sp³-hybridized carbons (Fsp3) is 0.500. The van der Waals surface area contributed by atoms with Crippen LogP contribution in [0.2, 0.25) is 0 Å². The molecule has 1 unspecified atom stereocenters. The number of aromatic amines is 1. The van der Waals surface area contributed by atoms with Gasteiger partial charge in [-0.05, 0) is 10.4 Å². The number of amides is 1. The topological polar surface area (TPSA) is 94.9 Å². The number of nitrogens with one attached hydrogen (secondary N) is 1. The van der Waals surface area contributed by atoms with E-state index in [-0.39, 0.29) is 12.6 Å². The number of H-pyrrole nitrogens is 1. The van der Waals surface area contributed by atoms with Gasteiger partial charge < -0.3 is 4.74 Å². The summed E-state index contributed by atoms with van der Waals surface area (Å²) in [6, 6.07) is -0.363. The van der Waals surface area contributed by atoms with Crippen LogP contribution in [-0.4, -0.2) is 33.3 Å². The second-order valence-electron chi connectivity index (χ2n) is 2.01. The Hall–Kier alpha value is -1.66. The molecule has 1 amide bonds. The molecule has 1 atom stereocenters. The molecule has 1 N–H and O–H groups in total. The van der Waals surface area contributed by atoms with Crippen LogP contribution in [0, 0.1) is 0 Å². The molecule has 1 aliphatic rings. The zero-order valence-electron chi connectivity index (χ0n) is 5.39. The highest BCUT2D eigenvalue weighted by Gasteiger charge is 2.28. The van der Waals surface area contributed by atoms with Crippen molar-refractivity contribution in [1.29, 1.82) is 0 Å². The molecule has 1 aromatic heterocycles. The first-order valence-corrected chi connectivity index (χ1v) is 2.97. The number of tetrazole rings is 1. The fourth-order valence-electron chi connectivity index (χ4n) is 0.800. The average molecular weight is 154 g/mol. The van der Waals surface area contributed by atoms with Gasteiger partial charge in [0.15, 0.2) is 11.9 Å². The highest BCUT2D eigenvalue weighted by Crippen LogP contribution is 2.13. The quantitative estimate of drug-likeness (QED) is 0.559. The van der Waals surface area contributed by atoms with Crippen LogP contribution in [0.3, 0.4) is 0 Å². The van der Waals surface area contributed by atoms with Gasteiger partial charge >= 0.3 is 6.09 Å². The number of ether oxygens (including phenoxy) is 1. The van der Waals surface area contributed by atoms with E-state index in [9.17, 15) is 4.79 Å². The Bertz CT molecular complexity index is 257. The van der Waals surface area contributed by atoms with Crippen molar-refractivity contribution in [1.82, 2.24) is 25.9 Å². The van der Waals surface area contributed by atoms with Crippen LogP contribution in [0.5, 0.6) is 0 Å². The van der Waals surface area contributed by atoms with Gasteiger partial charge in [0, 0.05) is 0 Å². The van der Waals surface area contributed by atoms with Crippen LogP contribution in [0.4, 0.5) is 4.79 Å². The van der Waals surface area contributed by atoms with E-state index in [1.165, 1.54) is 0 Å². The van der Waals surface area contributed by atoms with Crippen molar-refractivity contribution in [2.75, 3.05) is 6.61 Å². The summed E-state index contributed by atoms with van der Waals surface area (Å²) in [7, 11) is 0. The number of hydrogen-bond acceptors (Lipinski definition) is 5. The molecule has 7 nitrogen and oxygen atoms in total. The maximum absolute atomic E-state index is 10.5. The number of carbonyl (C=O) groups excluding carboxylic acids is 1. The van der Waals surface area contributed by atoms with Crippen LogP contribution in [0.25, 0.3) is 0 Å². The van der Waals surface area contributed by atoms with E-state index >= 15 is 0 Å². The van der Waals surface area contributed by atoms with Gasteiger partial charge in [0.2, 0.25) is 0 Å². The fourth-order valence-corrected chi connectivity index (χ4v) is 0.800. The zero-order valence-corrected chi connectivity index (χ0v) is 5.39. The van der Waals surface area contributed by atoms with Crippen molar-refractivity contribution >= 4 is 6.09 Å². The Morgan fingerprint density at radius 2 is 2.55 bits per heavy atom. The third kappa shape index (κ3) is 0.997. The SMILES string of the molecule is O=C1[N]C(c2nnn[nH]2)CO1. The van der Waals surface area contributed by atoms with Crippen molar-refractivity contribution in [3.05, 3.63) is 5.82 Å². The number of carbonyl (C=O) groups is 1. The largest absolute Gasteiger partial charge is 0.445 e. The Balaban J connectivity index is 2.13. The molecular weight excluding hydrogens is 150 g/mol. The van der Waals surface area contributed by atoms with E-state index in [1.807, 2.05) is 0 Å². The first-order chi connectivity index (χ1) is 5.36. The molecule has 57 valence electrons. The van der Waals surface area contributed by atoms with Gasteiger partial charge in [-0.1, -0.05) is 0 Å². The van der Waals surface area contributed by atoms with Gasteiger partial charge in [-0.15, -0.1) is 5.10 Å². The molecule has 11 heavy (non-hydrogen) atoms. The first kappa shape index (κ1) is 6.08. The molecule has 2 rings (SSSR count). The summed E-state index contributed by atoms with van der Waals surface area (Å²) in [6.45, 7) is 0.218. The maximum Gasteiger partial charge on any atom is 0.429 e. The Morgan fingerprint density at radius 3 is 3.09 bits per heavy atom. The standard InChI is InChI=1S/C4H4N5O2/c10-4-5-2(1-11-4)3-6-8-9-7-3/h2H,1H2,(H,6,7,8,9). The minimum absolute atomic E-state index is 0.218. The number of cyclic esters (lactones) is 1. The van der Waals surface area contributed by atoms with E-state index in [0.29, 0.717) is 5.82 Å². The Labute approximate surface area is 61.1 Å². The molecule has 1 aliphatic heterocycles. The second-order valence-corrected chi connectivity index (χ2v) is 2.01. The molecule has 0 bridgehead atoms.